The van der Waals surface area contributed by atoms with Crippen LogP contribution in [-0.2, 0) is 20.0 Å². The second kappa shape index (κ2) is 2.85. The van der Waals surface area contributed by atoms with Gasteiger partial charge in [0.25, 0.3) is 0 Å². The Morgan fingerprint density at radius 3 is 3.15 bits per heavy atom. The first-order valence-electron chi connectivity index (χ1n) is 4.19. The number of hydrogen-bond donors (Lipinski definition) is 2. The van der Waals surface area contributed by atoms with E-state index in [1.807, 2.05) is 0 Å². The number of fused-ring (bicyclic) bond motifs is 1. The Hall–Kier alpha value is -1.36. The molecule has 0 bridgehead atoms. The van der Waals surface area contributed by atoms with E-state index in [1.54, 1.807) is 11.7 Å². The van der Waals surface area contributed by atoms with Gasteiger partial charge in [0.15, 0.2) is 5.69 Å². The summed E-state index contributed by atoms with van der Waals surface area (Å²) in [6.07, 6.45) is 0.853. The van der Waals surface area contributed by atoms with E-state index in [1.165, 1.54) is 0 Å². The predicted octanol–water partition coefficient (Wildman–Crippen LogP) is -0.236. The van der Waals surface area contributed by atoms with Crippen LogP contribution in [0.4, 0.5) is 0 Å². The van der Waals surface area contributed by atoms with Crippen LogP contribution in [0, 0.1) is 0 Å². The van der Waals surface area contributed by atoms with Crippen molar-refractivity contribution in [3.63, 3.8) is 0 Å². The number of aromatic carboxylic acids is 1. The molecule has 5 heteroatoms. The summed E-state index contributed by atoms with van der Waals surface area (Å²) >= 11 is 0. The van der Waals surface area contributed by atoms with Gasteiger partial charge >= 0.3 is 5.97 Å². The lowest BCUT2D eigenvalue weighted by molar-refractivity contribution is 0.0688. The van der Waals surface area contributed by atoms with E-state index in [9.17, 15) is 4.79 Å². The van der Waals surface area contributed by atoms with Gasteiger partial charge < -0.3 is 10.4 Å². The molecule has 1 aromatic heterocycles. The molecule has 0 saturated carbocycles. The van der Waals surface area contributed by atoms with E-state index < -0.39 is 5.97 Å². The Balaban J connectivity index is 2.53. The highest BCUT2D eigenvalue weighted by Gasteiger charge is 2.22. The molecule has 5 nitrogen and oxygen atoms in total. The molecule has 0 spiro atoms. The van der Waals surface area contributed by atoms with Crippen molar-refractivity contribution < 1.29 is 9.90 Å². The molecule has 2 N–H and O–H groups in total. The molecule has 1 aliphatic heterocycles. The van der Waals surface area contributed by atoms with E-state index in [-0.39, 0.29) is 5.69 Å². The molecule has 1 aromatic rings. The van der Waals surface area contributed by atoms with Gasteiger partial charge in [-0.15, -0.1) is 0 Å². The molecule has 2 heterocycles. The van der Waals surface area contributed by atoms with E-state index in [4.69, 9.17) is 5.11 Å². The minimum Gasteiger partial charge on any atom is -0.476 e. The highest BCUT2D eigenvalue weighted by Crippen LogP contribution is 2.17. The van der Waals surface area contributed by atoms with Crippen LogP contribution in [0.15, 0.2) is 0 Å². The Morgan fingerprint density at radius 2 is 2.46 bits per heavy atom. The van der Waals surface area contributed by atoms with Crippen molar-refractivity contribution in [3.8, 4) is 0 Å². The number of carboxylic acids is 1. The first-order valence-corrected chi connectivity index (χ1v) is 4.19. The molecule has 0 radical (unpaired) electrons. The Labute approximate surface area is 75.4 Å². The van der Waals surface area contributed by atoms with Crippen LogP contribution in [0.2, 0.25) is 0 Å². The second-order valence-electron chi connectivity index (χ2n) is 3.13. The van der Waals surface area contributed by atoms with Crippen LogP contribution in [0.1, 0.15) is 21.7 Å². The topological polar surface area (TPSA) is 67.2 Å². The van der Waals surface area contributed by atoms with Gasteiger partial charge in [0, 0.05) is 37.8 Å². The van der Waals surface area contributed by atoms with Crippen LogP contribution >= 0.6 is 0 Å². The fourth-order valence-corrected chi connectivity index (χ4v) is 1.69. The van der Waals surface area contributed by atoms with E-state index >= 15 is 0 Å². The SMILES string of the molecule is Cn1nc(C(=O)O)c2c1CCNC2. The van der Waals surface area contributed by atoms with Crippen LogP contribution in [0.25, 0.3) is 0 Å². The van der Waals surface area contributed by atoms with Crippen molar-refractivity contribution >= 4 is 5.97 Å². The summed E-state index contributed by atoms with van der Waals surface area (Å²) < 4.78 is 1.67. The van der Waals surface area contributed by atoms with E-state index in [0.29, 0.717) is 6.54 Å². The van der Waals surface area contributed by atoms with Crippen molar-refractivity contribution in [2.45, 2.75) is 13.0 Å². The number of carboxylic acid groups (broad SMARTS) is 1. The van der Waals surface area contributed by atoms with Crippen molar-refractivity contribution in [2.24, 2.45) is 7.05 Å². The lowest BCUT2D eigenvalue weighted by Gasteiger charge is -2.13. The summed E-state index contributed by atoms with van der Waals surface area (Å²) in [5.74, 6) is -0.944. The molecular formula is C8H11N3O2. The number of nitrogens with zero attached hydrogens (tertiary/aromatic N) is 2. The molecule has 0 atom stereocenters. The average Bonchev–Trinajstić information content (AvgIpc) is 2.45. The quantitative estimate of drug-likeness (QED) is 0.627. The number of nitrogens with one attached hydrogen (secondary N) is 1. The molecule has 0 amide bonds. The fourth-order valence-electron chi connectivity index (χ4n) is 1.69. The van der Waals surface area contributed by atoms with Gasteiger partial charge in [-0.25, -0.2) is 4.79 Å². The Kier molecular flexibility index (Phi) is 1.81. The third-order valence-electron chi connectivity index (χ3n) is 2.32. The minimum atomic E-state index is -0.944. The summed E-state index contributed by atoms with van der Waals surface area (Å²) in [5.41, 5.74) is 2.06. The molecule has 1 aliphatic rings. The maximum Gasteiger partial charge on any atom is 0.356 e. The van der Waals surface area contributed by atoms with Crippen molar-refractivity contribution in [1.82, 2.24) is 15.1 Å². The smallest absolute Gasteiger partial charge is 0.356 e. The van der Waals surface area contributed by atoms with Crippen LogP contribution < -0.4 is 5.32 Å². The van der Waals surface area contributed by atoms with Gasteiger partial charge in [-0.05, 0) is 0 Å². The molecule has 13 heavy (non-hydrogen) atoms. The Bertz CT molecular complexity index is 357. The fraction of sp³-hybridized carbons (Fsp3) is 0.500. The van der Waals surface area contributed by atoms with Gasteiger partial charge in [-0.3, -0.25) is 4.68 Å². The lowest BCUT2D eigenvalue weighted by atomic mass is 10.1. The van der Waals surface area contributed by atoms with Gasteiger partial charge in [-0.2, -0.15) is 5.10 Å². The van der Waals surface area contributed by atoms with Crippen LogP contribution in [0.5, 0.6) is 0 Å². The largest absolute Gasteiger partial charge is 0.476 e. The first-order chi connectivity index (χ1) is 6.20. The van der Waals surface area contributed by atoms with Gasteiger partial charge in [0.1, 0.15) is 0 Å². The van der Waals surface area contributed by atoms with Crippen molar-refractivity contribution in [3.05, 3.63) is 17.0 Å². The highest BCUT2D eigenvalue weighted by molar-refractivity contribution is 5.87. The third kappa shape index (κ3) is 1.21. The van der Waals surface area contributed by atoms with Gasteiger partial charge in [-0.1, -0.05) is 0 Å². The summed E-state index contributed by atoms with van der Waals surface area (Å²) in [4.78, 5) is 10.8. The normalized spacial score (nSPS) is 15.5. The molecule has 0 fully saturated rings. The second-order valence-corrected chi connectivity index (χ2v) is 3.13. The summed E-state index contributed by atoms with van der Waals surface area (Å²) in [6, 6.07) is 0. The Morgan fingerprint density at radius 1 is 1.69 bits per heavy atom. The maximum atomic E-state index is 10.8. The number of hydrogen-bond acceptors (Lipinski definition) is 3. The van der Waals surface area contributed by atoms with Crippen LogP contribution in [0.3, 0.4) is 0 Å². The number of aryl methyl sites for hydroxylation is 1. The number of rotatable bonds is 1. The monoisotopic (exact) mass is 181 g/mol. The zero-order valence-electron chi connectivity index (χ0n) is 7.37. The third-order valence-corrected chi connectivity index (χ3v) is 2.32. The summed E-state index contributed by atoms with van der Waals surface area (Å²) in [6.45, 7) is 1.51. The minimum absolute atomic E-state index is 0.185. The lowest BCUT2D eigenvalue weighted by Crippen LogP contribution is -2.25. The van der Waals surface area contributed by atoms with Gasteiger partial charge in [0.05, 0.1) is 0 Å². The average molecular weight is 181 g/mol. The number of aromatic nitrogens is 2. The van der Waals surface area contributed by atoms with Crippen molar-refractivity contribution in [1.29, 1.82) is 0 Å². The maximum absolute atomic E-state index is 10.8. The first kappa shape index (κ1) is 8.25. The van der Waals surface area contributed by atoms with E-state index in [0.717, 1.165) is 24.2 Å². The summed E-state index contributed by atoms with van der Waals surface area (Å²) in [5, 5.41) is 16.0. The molecule has 0 saturated heterocycles. The molecular weight excluding hydrogens is 170 g/mol. The summed E-state index contributed by atoms with van der Waals surface area (Å²) in [7, 11) is 1.79. The molecule has 0 aromatic carbocycles. The van der Waals surface area contributed by atoms with Crippen molar-refractivity contribution in [2.75, 3.05) is 6.54 Å². The predicted molar refractivity (Wildman–Crippen MR) is 45.6 cm³/mol. The zero-order chi connectivity index (χ0) is 9.42. The molecule has 70 valence electrons. The molecule has 0 aliphatic carbocycles. The highest BCUT2D eigenvalue weighted by atomic mass is 16.4. The van der Waals surface area contributed by atoms with Crippen LogP contribution in [-0.4, -0.2) is 27.4 Å². The molecule has 0 unspecified atom stereocenters. The number of carbonyl (C=O) groups is 1. The van der Waals surface area contributed by atoms with E-state index in [2.05, 4.69) is 10.4 Å². The standard InChI is InChI=1S/C8H11N3O2/c1-11-6-2-3-9-4-5(6)7(10-11)8(12)13/h9H,2-4H2,1H3,(H,12,13). The zero-order valence-corrected chi connectivity index (χ0v) is 7.37. The van der Waals surface area contributed by atoms with Gasteiger partial charge in [0.2, 0.25) is 0 Å². The molecule has 2 rings (SSSR count).